The van der Waals surface area contributed by atoms with E-state index in [2.05, 4.69) is 0 Å². The van der Waals surface area contributed by atoms with E-state index in [4.69, 9.17) is 28.3 Å². The first-order valence-electron chi connectivity index (χ1n) is 2.92. The highest BCUT2D eigenvalue weighted by Crippen LogP contribution is 2.29. The van der Waals surface area contributed by atoms with Gasteiger partial charge < -0.3 is 5.11 Å². The number of ketones is 1. The number of alkyl halides is 2. The SMILES string of the molecule is CC(=O)CC(Cl)(Cl)CC(=O)O. The standard InChI is InChI=1S/C6H8Cl2O3/c1-4(9)2-6(7,8)3-5(10)11/h2-3H2,1H3,(H,10,11). The molecular formula is C6H8Cl2O3. The normalized spacial score (nSPS) is 11.2. The Labute approximate surface area is 74.3 Å². The molecule has 0 fully saturated rings. The molecule has 0 heterocycles. The summed E-state index contributed by atoms with van der Waals surface area (Å²) in [4.78, 5) is 20.6. The van der Waals surface area contributed by atoms with Gasteiger partial charge in [-0.25, -0.2) is 0 Å². The molecule has 0 aromatic rings. The number of halogens is 2. The van der Waals surface area contributed by atoms with Gasteiger partial charge in [0.15, 0.2) is 0 Å². The molecule has 0 bridgehead atoms. The number of Topliss-reactive ketones (excluding diaryl/α,β-unsaturated/α-hetero) is 1. The Balaban J connectivity index is 3.99. The van der Waals surface area contributed by atoms with Gasteiger partial charge >= 0.3 is 5.97 Å². The zero-order chi connectivity index (χ0) is 9.07. The molecule has 0 aromatic carbocycles. The lowest BCUT2D eigenvalue weighted by atomic mass is 10.2. The van der Waals surface area contributed by atoms with Crippen LogP contribution in [0.25, 0.3) is 0 Å². The van der Waals surface area contributed by atoms with Crippen molar-refractivity contribution in [1.29, 1.82) is 0 Å². The van der Waals surface area contributed by atoms with Gasteiger partial charge in [0, 0.05) is 6.42 Å². The van der Waals surface area contributed by atoms with Crippen molar-refractivity contribution in [3.05, 3.63) is 0 Å². The molecule has 0 saturated carbocycles. The van der Waals surface area contributed by atoms with Gasteiger partial charge in [-0.3, -0.25) is 9.59 Å². The maximum absolute atomic E-state index is 10.5. The van der Waals surface area contributed by atoms with Crippen molar-refractivity contribution >= 4 is 35.0 Å². The number of carboxylic acids is 1. The van der Waals surface area contributed by atoms with Gasteiger partial charge in [-0.15, -0.1) is 23.2 Å². The van der Waals surface area contributed by atoms with Crippen LogP contribution in [0.4, 0.5) is 0 Å². The van der Waals surface area contributed by atoms with Gasteiger partial charge in [0.1, 0.15) is 10.1 Å². The van der Waals surface area contributed by atoms with Gasteiger partial charge in [0.2, 0.25) is 0 Å². The summed E-state index contributed by atoms with van der Waals surface area (Å²) in [5.41, 5.74) is 0. The van der Waals surface area contributed by atoms with Gasteiger partial charge in [-0.1, -0.05) is 0 Å². The fourth-order valence-corrected chi connectivity index (χ4v) is 1.25. The molecule has 5 heteroatoms. The molecule has 0 rings (SSSR count). The first-order valence-corrected chi connectivity index (χ1v) is 3.68. The molecule has 0 aliphatic rings. The predicted molar refractivity (Wildman–Crippen MR) is 42.0 cm³/mol. The maximum Gasteiger partial charge on any atom is 0.306 e. The number of carboxylic acid groups (broad SMARTS) is 1. The zero-order valence-corrected chi connectivity index (χ0v) is 7.45. The van der Waals surface area contributed by atoms with Gasteiger partial charge in [0.25, 0.3) is 0 Å². The molecule has 0 amide bonds. The Morgan fingerprint density at radius 1 is 1.36 bits per heavy atom. The molecular weight excluding hydrogens is 191 g/mol. The fourth-order valence-electron chi connectivity index (χ4n) is 0.648. The highest BCUT2D eigenvalue weighted by Gasteiger charge is 2.28. The number of carbonyl (C=O) groups excluding carboxylic acids is 1. The second-order valence-electron chi connectivity index (χ2n) is 2.31. The van der Waals surface area contributed by atoms with Crippen molar-refractivity contribution in [3.63, 3.8) is 0 Å². The van der Waals surface area contributed by atoms with Crippen LogP contribution in [-0.4, -0.2) is 21.2 Å². The van der Waals surface area contributed by atoms with Crippen LogP contribution >= 0.6 is 23.2 Å². The highest BCUT2D eigenvalue weighted by molar-refractivity contribution is 6.50. The predicted octanol–water partition coefficient (Wildman–Crippen LogP) is 1.61. The largest absolute Gasteiger partial charge is 0.481 e. The molecule has 0 aliphatic carbocycles. The molecule has 0 unspecified atom stereocenters. The van der Waals surface area contributed by atoms with E-state index in [0.717, 1.165) is 0 Å². The molecule has 64 valence electrons. The molecule has 0 radical (unpaired) electrons. The molecule has 0 aromatic heterocycles. The van der Waals surface area contributed by atoms with Crippen molar-refractivity contribution in [2.75, 3.05) is 0 Å². The lowest BCUT2D eigenvalue weighted by Crippen LogP contribution is -2.21. The summed E-state index contributed by atoms with van der Waals surface area (Å²) in [7, 11) is 0. The van der Waals surface area contributed by atoms with Crippen LogP contribution in [0.2, 0.25) is 0 Å². The summed E-state index contributed by atoms with van der Waals surface area (Å²) in [5, 5.41) is 8.28. The fraction of sp³-hybridized carbons (Fsp3) is 0.667. The molecule has 0 aliphatic heterocycles. The Bertz CT molecular complexity index is 159. The van der Waals surface area contributed by atoms with E-state index in [-0.39, 0.29) is 12.2 Å². The van der Waals surface area contributed by atoms with Crippen LogP contribution in [0, 0.1) is 0 Å². The van der Waals surface area contributed by atoms with Crippen molar-refractivity contribution in [3.8, 4) is 0 Å². The lowest BCUT2D eigenvalue weighted by Gasteiger charge is -2.14. The van der Waals surface area contributed by atoms with E-state index in [1.54, 1.807) is 0 Å². The third-order valence-electron chi connectivity index (χ3n) is 0.917. The first kappa shape index (κ1) is 10.7. The Hall–Kier alpha value is -0.280. The van der Waals surface area contributed by atoms with Crippen LogP contribution in [0.3, 0.4) is 0 Å². The number of rotatable bonds is 4. The zero-order valence-electron chi connectivity index (χ0n) is 5.93. The Morgan fingerprint density at radius 3 is 2.09 bits per heavy atom. The third-order valence-corrected chi connectivity index (χ3v) is 1.45. The summed E-state index contributed by atoms with van der Waals surface area (Å²) < 4.78 is -1.46. The summed E-state index contributed by atoms with van der Waals surface area (Å²) in [6.45, 7) is 1.31. The van der Waals surface area contributed by atoms with Gasteiger partial charge in [-0.05, 0) is 6.92 Å². The van der Waals surface area contributed by atoms with Gasteiger partial charge in [0.05, 0.1) is 6.42 Å². The molecule has 0 spiro atoms. The van der Waals surface area contributed by atoms with Crippen LogP contribution in [-0.2, 0) is 9.59 Å². The summed E-state index contributed by atoms with van der Waals surface area (Å²) in [5.74, 6) is -1.34. The third kappa shape index (κ3) is 6.13. The van der Waals surface area contributed by atoms with E-state index in [1.165, 1.54) is 6.92 Å². The number of hydrogen-bond acceptors (Lipinski definition) is 2. The number of carbonyl (C=O) groups is 2. The topological polar surface area (TPSA) is 54.4 Å². The minimum Gasteiger partial charge on any atom is -0.481 e. The Morgan fingerprint density at radius 2 is 1.82 bits per heavy atom. The lowest BCUT2D eigenvalue weighted by molar-refractivity contribution is -0.137. The average Bonchev–Trinajstić information content (AvgIpc) is 1.53. The van der Waals surface area contributed by atoms with Crippen molar-refractivity contribution in [1.82, 2.24) is 0 Å². The first-order chi connectivity index (χ1) is 4.83. The smallest absolute Gasteiger partial charge is 0.306 e. The quantitative estimate of drug-likeness (QED) is 0.699. The molecule has 1 N–H and O–H groups in total. The van der Waals surface area contributed by atoms with Crippen molar-refractivity contribution < 1.29 is 14.7 Å². The second-order valence-corrected chi connectivity index (χ2v) is 3.95. The van der Waals surface area contributed by atoms with Crippen molar-refractivity contribution in [2.45, 2.75) is 24.1 Å². The molecule has 11 heavy (non-hydrogen) atoms. The number of hydrogen-bond donors (Lipinski definition) is 1. The van der Waals surface area contributed by atoms with E-state index in [0.29, 0.717) is 0 Å². The minimum absolute atomic E-state index is 0.136. The number of aliphatic carboxylic acids is 1. The Kier molecular flexibility index (Phi) is 3.83. The van der Waals surface area contributed by atoms with Crippen LogP contribution in [0.5, 0.6) is 0 Å². The molecule has 3 nitrogen and oxygen atoms in total. The maximum atomic E-state index is 10.5. The minimum atomic E-state index is -1.46. The average molecular weight is 199 g/mol. The van der Waals surface area contributed by atoms with Gasteiger partial charge in [-0.2, -0.15) is 0 Å². The second kappa shape index (κ2) is 3.93. The highest BCUT2D eigenvalue weighted by atomic mass is 35.5. The molecule has 0 saturated heterocycles. The van der Waals surface area contributed by atoms with Crippen molar-refractivity contribution in [2.24, 2.45) is 0 Å². The van der Waals surface area contributed by atoms with E-state index in [9.17, 15) is 9.59 Å². The summed E-state index contributed by atoms with van der Waals surface area (Å²) in [6, 6.07) is 0. The van der Waals surface area contributed by atoms with E-state index >= 15 is 0 Å². The van der Waals surface area contributed by atoms with E-state index in [1.807, 2.05) is 0 Å². The van der Waals surface area contributed by atoms with Crippen LogP contribution in [0.1, 0.15) is 19.8 Å². The summed E-state index contributed by atoms with van der Waals surface area (Å²) in [6.07, 6.45) is -0.557. The van der Waals surface area contributed by atoms with E-state index < -0.39 is 16.7 Å². The summed E-state index contributed by atoms with van der Waals surface area (Å²) >= 11 is 11.0. The monoisotopic (exact) mass is 198 g/mol. The molecule has 0 atom stereocenters. The van der Waals surface area contributed by atoms with Crippen LogP contribution in [0.15, 0.2) is 0 Å². The van der Waals surface area contributed by atoms with Crippen LogP contribution < -0.4 is 0 Å².